The monoisotopic (exact) mass is 451 g/mol. The molecule has 0 aromatic heterocycles. The largest absolute Gasteiger partial charge is 0.494 e. The van der Waals surface area contributed by atoms with Gasteiger partial charge in [0.1, 0.15) is 5.75 Å². The minimum atomic E-state index is 0.299. The highest BCUT2D eigenvalue weighted by Crippen LogP contribution is 2.42. The lowest BCUT2D eigenvalue weighted by molar-refractivity contribution is 0.189. The molecule has 33 heavy (non-hydrogen) atoms. The molecule has 0 bridgehead atoms. The maximum atomic E-state index is 9.89. The Bertz CT molecular complexity index is 674. The molecular weight excluding hydrogens is 402 g/mol. The van der Waals surface area contributed by atoms with E-state index in [4.69, 9.17) is 4.74 Å². The van der Waals surface area contributed by atoms with Crippen molar-refractivity contribution >= 4 is 0 Å². The Morgan fingerprint density at radius 2 is 1.48 bits per heavy atom. The summed E-state index contributed by atoms with van der Waals surface area (Å²) in [5.41, 5.74) is 1.48. The molecule has 0 amide bonds. The van der Waals surface area contributed by atoms with Crippen LogP contribution in [-0.4, -0.2) is 6.61 Å². The number of hydrogen-bond acceptors (Lipinski definition) is 2. The van der Waals surface area contributed by atoms with Gasteiger partial charge in [-0.2, -0.15) is 5.26 Å². The smallest absolute Gasteiger partial charge is 0.119 e. The summed E-state index contributed by atoms with van der Waals surface area (Å²) in [6.07, 6.45) is 20.7. The lowest BCUT2D eigenvalue weighted by Crippen LogP contribution is -2.24. The van der Waals surface area contributed by atoms with E-state index in [-0.39, 0.29) is 0 Å². The fourth-order valence-corrected chi connectivity index (χ4v) is 6.46. The number of hydrogen-bond donors (Lipinski definition) is 0. The van der Waals surface area contributed by atoms with Gasteiger partial charge in [0.15, 0.2) is 0 Å². The number of unbranched alkanes of at least 4 members (excludes halogenated alkanes) is 4. The normalized spacial score (nSPS) is 26.5. The first kappa shape index (κ1) is 26.1. The van der Waals surface area contributed by atoms with Crippen molar-refractivity contribution < 1.29 is 4.74 Å². The third-order valence-corrected chi connectivity index (χ3v) is 8.63. The van der Waals surface area contributed by atoms with E-state index in [1.54, 1.807) is 0 Å². The Morgan fingerprint density at radius 3 is 2.12 bits per heavy atom. The van der Waals surface area contributed by atoms with Crippen LogP contribution < -0.4 is 4.74 Å². The van der Waals surface area contributed by atoms with Crippen LogP contribution in [-0.2, 0) is 0 Å². The molecule has 0 saturated heterocycles. The zero-order valence-electron chi connectivity index (χ0n) is 21.6. The van der Waals surface area contributed by atoms with Crippen LogP contribution in [0.5, 0.6) is 5.75 Å². The SMILES string of the molecule is CCCCCCCOc1ccc([C@H]2CC[C@H](CC(C#N)[C@H]3CC[C@H](CCC)CC3)CC2)cc1. The number of nitrogens with zero attached hydrogens (tertiary/aromatic N) is 1. The quantitative estimate of drug-likeness (QED) is 0.280. The van der Waals surface area contributed by atoms with Gasteiger partial charge < -0.3 is 4.74 Å². The maximum Gasteiger partial charge on any atom is 0.119 e. The summed E-state index contributed by atoms with van der Waals surface area (Å²) in [5.74, 6) is 4.37. The van der Waals surface area contributed by atoms with E-state index in [1.165, 1.54) is 95.5 Å². The van der Waals surface area contributed by atoms with Crippen molar-refractivity contribution in [3.8, 4) is 11.8 Å². The van der Waals surface area contributed by atoms with Crippen molar-refractivity contribution in [2.24, 2.45) is 23.7 Å². The van der Waals surface area contributed by atoms with Gasteiger partial charge in [-0.25, -0.2) is 0 Å². The molecular formula is C31H49NO. The van der Waals surface area contributed by atoms with Gasteiger partial charge in [-0.1, -0.05) is 77.3 Å². The van der Waals surface area contributed by atoms with Gasteiger partial charge in [0.2, 0.25) is 0 Å². The average molecular weight is 452 g/mol. The molecule has 2 aliphatic carbocycles. The zero-order chi connectivity index (χ0) is 23.3. The molecule has 2 nitrogen and oxygen atoms in total. The lowest BCUT2D eigenvalue weighted by Gasteiger charge is -2.34. The molecule has 3 rings (SSSR count). The van der Waals surface area contributed by atoms with E-state index in [9.17, 15) is 5.26 Å². The second kappa shape index (κ2) is 14.7. The fourth-order valence-electron chi connectivity index (χ4n) is 6.46. The van der Waals surface area contributed by atoms with Crippen LogP contribution in [0.15, 0.2) is 24.3 Å². The molecule has 1 unspecified atom stereocenters. The minimum absolute atomic E-state index is 0.299. The molecule has 0 spiro atoms. The van der Waals surface area contributed by atoms with E-state index in [1.807, 2.05) is 0 Å². The number of nitriles is 1. The van der Waals surface area contributed by atoms with Gasteiger partial charge in [0.05, 0.1) is 12.7 Å². The summed E-state index contributed by atoms with van der Waals surface area (Å²) in [4.78, 5) is 0. The van der Waals surface area contributed by atoms with Crippen LogP contribution in [0.4, 0.5) is 0 Å². The standard InChI is InChI=1S/C31H49NO/c1-3-5-6-7-8-22-33-31-20-18-28(19-21-31)27-16-12-26(13-17-27)23-30(24-32)29-14-10-25(9-4-2)11-15-29/h18-21,25-27,29-30H,3-17,22-23H2,1-2H3/t25-,26-,27-,29-,30?. The van der Waals surface area contributed by atoms with Crippen LogP contribution in [0.3, 0.4) is 0 Å². The van der Waals surface area contributed by atoms with E-state index >= 15 is 0 Å². The van der Waals surface area contributed by atoms with E-state index in [2.05, 4.69) is 44.2 Å². The summed E-state index contributed by atoms with van der Waals surface area (Å²) < 4.78 is 5.95. The predicted octanol–water partition coefficient (Wildman–Crippen LogP) is 9.45. The van der Waals surface area contributed by atoms with E-state index < -0.39 is 0 Å². The van der Waals surface area contributed by atoms with Crippen LogP contribution in [0, 0.1) is 35.0 Å². The highest BCUT2D eigenvalue weighted by molar-refractivity contribution is 5.29. The van der Waals surface area contributed by atoms with Crippen LogP contribution >= 0.6 is 0 Å². The molecule has 1 aromatic rings. The molecule has 0 heterocycles. The van der Waals surface area contributed by atoms with Crippen molar-refractivity contribution in [2.45, 2.75) is 122 Å². The topological polar surface area (TPSA) is 33.0 Å². The first-order valence-corrected chi connectivity index (χ1v) is 14.4. The van der Waals surface area contributed by atoms with Crippen LogP contribution in [0.25, 0.3) is 0 Å². The Morgan fingerprint density at radius 1 is 0.818 bits per heavy atom. The summed E-state index contributed by atoms with van der Waals surface area (Å²) >= 11 is 0. The molecule has 2 fully saturated rings. The zero-order valence-corrected chi connectivity index (χ0v) is 21.6. The van der Waals surface area contributed by atoms with Crippen molar-refractivity contribution in [3.63, 3.8) is 0 Å². The molecule has 2 heteroatoms. The Hall–Kier alpha value is -1.49. The summed E-state index contributed by atoms with van der Waals surface area (Å²) in [6.45, 7) is 5.40. The molecule has 1 atom stereocenters. The fraction of sp³-hybridized carbons (Fsp3) is 0.774. The van der Waals surface area contributed by atoms with Crippen molar-refractivity contribution in [2.75, 3.05) is 6.61 Å². The van der Waals surface area contributed by atoms with Gasteiger partial charge >= 0.3 is 0 Å². The first-order valence-electron chi connectivity index (χ1n) is 14.4. The van der Waals surface area contributed by atoms with Gasteiger partial charge in [-0.15, -0.1) is 0 Å². The van der Waals surface area contributed by atoms with Gasteiger partial charge in [0, 0.05) is 5.92 Å². The highest BCUT2D eigenvalue weighted by Gasteiger charge is 2.31. The predicted molar refractivity (Wildman–Crippen MR) is 139 cm³/mol. The summed E-state index contributed by atoms with van der Waals surface area (Å²) in [5, 5.41) is 9.89. The molecule has 0 radical (unpaired) electrons. The molecule has 2 saturated carbocycles. The highest BCUT2D eigenvalue weighted by atomic mass is 16.5. The molecule has 1 aromatic carbocycles. The second-order valence-electron chi connectivity index (χ2n) is 11.1. The third kappa shape index (κ3) is 8.66. The van der Waals surface area contributed by atoms with Crippen molar-refractivity contribution in [1.29, 1.82) is 5.26 Å². The molecule has 0 aliphatic heterocycles. The Balaban J connectivity index is 1.36. The molecule has 184 valence electrons. The second-order valence-corrected chi connectivity index (χ2v) is 11.1. The van der Waals surface area contributed by atoms with Gasteiger partial charge in [-0.05, 0) is 92.7 Å². The first-order chi connectivity index (χ1) is 16.2. The average Bonchev–Trinajstić information content (AvgIpc) is 2.86. The summed E-state index contributed by atoms with van der Waals surface area (Å²) in [6, 6.07) is 11.7. The van der Waals surface area contributed by atoms with Gasteiger partial charge in [0.25, 0.3) is 0 Å². The summed E-state index contributed by atoms with van der Waals surface area (Å²) in [7, 11) is 0. The Labute approximate surface area is 204 Å². The van der Waals surface area contributed by atoms with Crippen LogP contribution in [0.2, 0.25) is 0 Å². The third-order valence-electron chi connectivity index (χ3n) is 8.63. The van der Waals surface area contributed by atoms with Crippen molar-refractivity contribution in [3.05, 3.63) is 29.8 Å². The minimum Gasteiger partial charge on any atom is -0.494 e. The van der Waals surface area contributed by atoms with E-state index in [0.717, 1.165) is 37.0 Å². The van der Waals surface area contributed by atoms with Gasteiger partial charge in [-0.3, -0.25) is 0 Å². The molecule has 0 N–H and O–H groups in total. The number of benzene rings is 1. The van der Waals surface area contributed by atoms with Crippen LogP contribution in [0.1, 0.15) is 128 Å². The number of ether oxygens (including phenoxy) is 1. The molecule has 2 aliphatic rings. The number of rotatable bonds is 13. The maximum absolute atomic E-state index is 9.89. The van der Waals surface area contributed by atoms with Crippen molar-refractivity contribution in [1.82, 2.24) is 0 Å². The lowest BCUT2D eigenvalue weighted by atomic mass is 9.70. The Kier molecular flexibility index (Phi) is 11.6. The van der Waals surface area contributed by atoms with E-state index in [0.29, 0.717) is 17.8 Å².